The van der Waals surface area contributed by atoms with Crippen molar-refractivity contribution in [1.29, 1.82) is 0 Å². The molecular formula is C2F6S2. The highest BCUT2D eigenvalue weighted by molar-refractivity contribution is 8.16. The Kier molecular flexibility index (Phi) is 3.21. The van der Waals surface area contributed by atoms with E-state index in [-0.39, 0.29) is 0 Å². The van der Waals surface area contributed by atoms with Crippen molar-refractivity contribution in [3.05, 3.63) is 0 Å². The number of alkyl halides is 5. The first-order chi connectivity index (χ1) is 4.27. The van der Waals surface area contributed by atoms with Gasteiger partial charge >= 0.3 is 10.1 Å². The molecule has 0 aromatic carbocycles. The zero-order valence-electron chi connectivity index (χ0n) is 4.08. The van der Waals surface area contributed by atoms with Gasteiger partial charge in [0.2, 0.25) is 0 Å². The Morgan fingerprint density at radius 1 is 0.900 bits per heavy atom. The molecule has 0 radical (unpaired) electrons. The largest absolute Gasteiger partial charge is 0.448 e. The minimum atomic E-state index is -5.11. The van der Waals surface area contributed by atoms with E-state index in [1.165, 1.54) is 0 Å². The third-order valence-electron chi connectivity index (χ3n) is 0.324. The van der Waals surface area contributed by atoms with Crippen LogP contribution in [0.4, 0.5) is 25.8 Å². The molecule has 0 saturated heterocycles. The lowest BCUT2D eigenvalue weighted by molar-refractivity contribution is -0.0371. The van der Waals surface area contributed by atoms with Gasteiger partial charge < -0.3 is 0 Å². The van der Waals surface area contributed by atoms with Crippen molar-refractivity contribution in [3.8, 4) is 0 Å². The van der Waals surface area contributed by atoms with Crippen molar-refractivity contribution in [2.75, 3.05) is 0 Å². The Hall–Kier alpha value is 0.280. The second kappa shape index (κ2) is 3.12. The summed E-state index contributed by atoms with van der Waals surface area (Å²) in [7, 11) is 0. The van der Waals surface area contributed by atoms with Crippen molar-refractivity contribution in [2.24, 2.45) is 0 Å². The van der Waals surface area contributed by atoms with Crippen LogP contribution in [0, 0.1) is 0 Å². The van der Waals surface area contributed by atoms with Crippen LogP contribution in [0.5, 0.6) is 0 Å². The SMILES string of the molecule is FSC(F)(F)SC(F)(F)F. The summed E-state index contributed by atoms with van der Waals surface area (Å²) < 4.78 is 62.6. The lowest BCUT2D eigenvalue weighted by Gasteiger charge is -2.10. The first-order valence-corrected chi connectivity index (χ1v) is 3.24. The Labute approximate surface area is 60.6 Å². The summed E-state index contributed by atoms with van der Waals surface area (Å²) in [6, 6.07) is 0. The third-order valence-corrected chi connectivity index (χ3v) is 1.41. The quantitative estimate of drug-likeness (QED) is 0.497. The summed E-state index contributed by atoms with van der Waals surface area (Å²) in [6.07, 6.45) is 0. The van der Waals surface area contributed by atoms with Crippen LogP contribution >= 0.6 is 23.9 Å². The van der Waals surface area contributed by atoms with Gasteiger partial charge in [-0.3, -0.25) is 0 Å². The van der Waals surface area contributed by atoms with Crippen molar-refractivity contribution >= 4 is 23.9 Å². The highest BCUT2D eigenvalue weighted by Gasteiger charge is 2.46. The molecular weight excluding hydrogens is 202 g/mol. The third kappa shape index (κ3) is 5.10. The maximum Gasteiger partial charge on any atom is 0.448 e. The molecule has 0 fully saturated rings. The van der Waals surface area contributed by atoms with Crippen LogP contribution in [0.15, 0.2) is 0 Å². The van der Waals surface area contributed by atoms with Crippen molar-refractivity contribution in [1.82, 2.24) is 0 Å². The van der Waals surface area contributed by atoms with E-state index in [0.717, 1.165) is 0 Å². The fraction of sp³-hybridized carbons (Fsp3) is 1.00. The predicted octanol–water partition coefficient (Wildman–Crippen LogP) is 3.41. The van der Waals surface area contributed by atoms with Crippen LogP contribution in [0.3, 0.4) is 0 Å². The van der Waals surface area contributed by atoms with Crippen LogP contribution in [0.2, 0.25) is 0 Å². The highest BCUT2D eigenvalue weighted by atomic mass is 32.2. The summed E-state index contributed by atoms with van der Waals surface area (Å²) in [4.78, 5) is 0. The van der Waals surface area contributed by atoms with E-state index < -0.39 is 34.0 Å². The van der Waals surface area contributed by atoms with E-state index in [0.29, 0.717) is 0 Å². The van der Waals surface area contributed by atoms with Crippen molar-refractivity contribution in [3.63, 3.8) is 0 Å². The second-order valence-corrected chi connectivity index (χ2v) is 3.19. The lowest BCUT2D eigenvalue weighted by Crippen LogP contribution is -2.12. The Morgan fingerprint density at radius 2 is 1.30 bits per heavy atom. The van der Waals surface area contributed by atoms with Gasteiger partial charge in [-0.2, -0.15) is 25.8 Å². The molecule has 0 aromatic rings. The normalized spacial score (nSPS) is 13.8. The maximum atomic E-state index is 11.5. The van der Waals surface area contributed by atoms with Gasteiger partial charge in [0.05, 0.1) is 0 Å². The minimum absolute atomic E-state index is 1.64. The summed E-state index contributed by atoms with van der Waals surface area (Å²) in [6.45, 7) is 0. The Bertz CT molecular complexity index is 107. The van der Waals surface area contributed by atoms with Crippen LogP contribution in [-0.2, 0) is 0 Å². The molecule has 0 aliphatic carbocycles. The van der Waals surface area contributed by atoms with E-state index in [1.807, 2.05) is 0 Å². The fourth-order valence-corrected chi connectivity index (χ4v) is 0.829. The molecule has 0 saturated carbocycles. The molecule has 0 aliphatic heterocycles. The predicted molar refractivity (Wildman–Crippen MR) is 27.3 cm³/mol. The average Bonchev–Trinajstić information content (AvgIpc) is 1.60. The molecule has 0 nitrogen and oxygen atoms in total. The van der Waals surface area contributed by atoms with Crippen LogP contribution in [-0.4, -0.2) is 10.1 Å². The molecule has 0 spiro atoms. The van der Waals surface area contributed by atoms with Crippen LogP contribution in [0.1, 0.15) is 0 Å². The molecule has 8 heteroatoms. The monoisotopic (exact) mass is 202 g/mol. The van der Waals surface area contributed by atoms with Gasteiger partial charge in [-0.15, -0.1) is 0 Å². The van der Waals surface area contributed by atoms with Crippen molar-refractivity contribution in [2.45, 2.75) is 10.1 Å². The van der Waals surface area contributed by atoms with E-state index in [9.17, 15) is 25.8 Å². The van der Waals surface area contributed by atoms with Gasteiger partial charge in [-0.25, -0.2) is 0 Å². The highest BCUT2D eigenvalue weighted by Crippen LogP contribution is 2.49. The fourth-order valence-electron chi connectivity index (χ4n) is 0.150. The first kappa shape index (κ1) is 10.3. The molecule has 10 heavy (non-hydrogen) atoms. The smallest absolute Gasteiger partial charge is 0.179 e. The van der Waals surface area contributed by atoms with E-state index in [4.69, 9.17) is 0 Å². The number of halogens is 6. The number of thioether (sulfide) groups is 1. The number of hydrogen-bond acceptors (Lipinski definition) is 2. The Morgan fingerprint density at radius 3 is 1.40 bits per heavy atom. The van der Waals surface area contributed by atoms with Gasteiger partial charge in [0.15, 0.2) is 0 Å². The zero-order chi connectivity index (χ0) is 8.41. The summed E-state index contributed by atoms with van der Waals surface area (Å²) >= 11 is -3.32. The molecule has 0 rings (SSSR count). The molecule has 0 aromatic heterocycles. The van der Waals surface area contributed by atoms with Gasteiger partial charge in [0.25, 0.3) is 0 Å². The van der Waals surface area contributed by atoms with Gasteiger partial charge in [-0.1, -0.05) is 0 Å². The second-order valence-electron chi connectivity index (χ2n) is 1.09. The zero-order valence-corrected chi connectivity index (χ0v) is 5.72. The molecule has 0 N–H and O–H groups in total. The Balaban J connectivity index is 3.89. The van der Waals surface area contributed by atoms with Gasteiger partial charge in [-0.05, 0) is 0 Å². The molecule has 62 valence electrons. The van der Waals surface area contributed by atoms with E-state index in [2.05, 4.69) is 0 Å². The van der Waals surface area contributed by atoms with E-state index in [1.54, 1.807) is 0 Å². The topological polar surface area (TPSA) is 0 Å². The summed E-state index contributed by atoms with van der Waals surface area (Å²) in [5.74, 6) is 0. The van der Waals surface area contributed by atoms with Gasteiger partial charge in [0.1, 0.15) is 12.1 Å². The van der Waals surface area contributed by atoms with Gasteiger partial charge in [0, 0.05) is 11.8 Å². The lowest BCUT2D eigenvalue weighted by atomic mass is 11.5. The summed E-state index contributed by atoms with van der Waals surface area (Å²) in [5, 5.41) is 0. The standard InChI is InChI=1S/C2F6S2/c3-1(4,5)9-2(6,7)10-8. The first-order valence-electron chi connectivity index (χ1n) is 1.71. The molecule has 0 heterocycles. The maximum absolute atomic E-state index is 11.5. The van der Waals surface area contributed by atoms with E-state index >= 15 is 0 Å². The molecule has 0 aliphatic rings. The van der Waals surface area contributed by atoms with Crippen LogP contribution < -0.4 is 0 Å². The molecule has 0 unspecified atom stereocenters. The molecule has 0 bridgehead atoms. The van der Waals surface area contributed by atoms with Crippen molar-refractivity contribution < 1.29 is 25.8 Å². The molecule has 0 atom stereocenters. The molecule has 0 amide bonds. The number of rotatable bonds is 2. The average molecular weight is 202 g/mol. The number of hydrogen-bond donors (Lipinski definition) is 0. The minimum Gasteiger partial charge on any atom is -0.179 e. The van der Waals surface area contributed by atoms with Crippen LogP contribution in [0.25, 0.3) is 0 Å². The summed E-state index contributed by atoms with van der Waals surface area (Å²) in [5.41, 5.74) is -5.11.